The van der Waals surface area contributed by atoms with Crippen LogP contribution in [0.1, 0.15) is 12.8 Å². The van der Waals surface area contributed by atoms with Gasteiger partial charge in [0.25, 0.3) is 0 Å². The first-order valence-corrected chi connectivity index (χ1v) is 6.52. The van der Waals surface area contributed by atoms with E-state index in [2.05, 4.69) is 15.3 Å². The van der Waals surface area contributed by atoms with E-state index in [0.29, 0.717) is 10.8 Å². The van der Waals surface area contributed by atoms with Gasteiger partial charge < -0.3 is 10.2 Å². The standard InChI is InChI=1S/C11H14Cl2N4O/c1-14-10(18)7-2-4-17(5-3-7)9-8(12)6-15-11(13)16-9/h6-7H,2-5H2,1H3,(H,14,18). The maximum Gasteiger partial charge on any atom is 0.224 e. The van der Waals surface area contributed by atoms with E-state index in [1.165, 1.54) is 6.20 Å². The molecule has 0 radical (unpaired) electrons. The fourth-order valence-electron chi connectivity index (χ4n) is 2.12. The molecule has 0 aromatic carbocycles. The number of nitrogens with one attached hydrogen (secondary N) is 1. The first-order valence-electron chi connectivity index (χ1n) is 5.76. The Balaban J connectivity index is 2.05. The largest absolute Gasteiger partial charge is 0.359 e. The van der Waals surface area contributed by atoms with Crippen molar-refractivity contribution in [2.45, 2.75) is 12.8 Å². The van der Waals surface area contributed by atoms with Gasteiger partial charge in [0, 0.05) is 26.1 Å². The molecular formula is C11H14Cl2N4O. The van der Waals surface area contributed by atoms with E-state index in [1.807, 2.05) is 4.90 Å². The molecule has 1 aromatic rings. The summed E-state index contributed by atoms with van der Waals surface area (Å²) in [5, 5.41) is 3.35. The van der Waals surface area contributed by atoms with Crippen LogP contribution in [-0.4, -0.2) is 36.0 Å². The highest BCUT2D eigenvalue weighted by Crippen LogP contribution is 2.28. The van der Waals surface area contributed by atoms with E-state index in [9.17, 15) is 4.79 Å². The van der Waals surface area contributed by atoms with E-state index < -0.39 is 0 Å². The number of rotatable bonds is 2. The molecule has 1 N–H and O–H groups in total. The maximum atomic E-state index is 11.5. The minimum Gasteiger partial charge on any atom is -0.359 e. The normalized spacial score (nSPS) is 16.7. The summed E-state index contributed by atoms with van der Waals surface area (Å²) in [6.07, 6.45) is 3.08. The van der Waals surface area contributed by atoms with Gasteiger partial charge in [-0.25, -0.2) is 4.98 Å². The zero-order chi connectivity index (χ0) is 13.1. The second-order valence-corrected chi connectivity index (χ2v) is 4.93. The van der Waals surface area contributed by atoms with E-state index in [4.69, 9.17) is 23.2 Å². The van der Waals surface area contributed by atoms with Crippen molar-refractivity contribution >= 4 is 34.9 Å². The molecule has 0 saturated carbocycles. The number of carbonyl (C=O) groups excluding carboxylic acids is 1. The number of piperidine rings is 1. The second kappa shape index (κ2) is 5.71. The lowest BCUT2D eigenvalue weighted by Crippen LogP contribution is -2.40. The zero-order valence-corrected chi connectivity index (χ0v) is 11.5. The lowest BCUT2D eigenvalue weighted by molar-refractivity contribution is -0.125. The Hall–Kier alpha value is -1.07. The molecule has 1 saturated heterocycles. The molecule has 0 spiro atoms. The summed E-state index contributed by atoms with van der Waals surface area (Å²) in [6.45, 7) is 1.48. The van der Waals surface area contributed by atoms with Crippen LogP contribution in [0, 0.1) is 5.92 Å². The van der Waals surface area contributed by atoms with Crippen LogP contribution in [0.25, 0.3) is 0 Å². The molecule has 0 atom stereocenters. The molecular weight excluding hydrogens is 275 g/mol. The number of halogens is 2. The second-order valence-electron chi connectivity index (χ2n) is 4.19. The minimum absolute atomic E-state index is 0.0716. The molecule has 0 bridgehead atoms. The summed E-state index contributed by atoms with van der Waals surface area (Å²) in [5.41, 5.74) is 0. The van der Waals surface area contributed by atoms with Crippen LogP contribution in [0.15, 0.2) is 6.20 Å². The molecule has 2 heterocycles. The van der Waals surface area contributed by atoms with Crippen LogP contribution < -0.4 is 10.2 Å². The highest BCUT2D eigenvalue weighted by Gasteiger charge is 2.26. The number of nitrogens with zero attached hydrogens (tertiary/aromatic N) is 3. The van der Waals surface area contributed by atoms with E-state index >= 15 is 0 Å². The van der Waals surface area contributed by atoms with E-state index in [1.54, 1.807) is 7.05 Å². The zero-order valence-electron chi connectivity index (χ0n) is 9.99. The number of anilines is 1. The monoisotopic (exact) mass is 288 g/mol. The van der Waals surface area contributed by atoms with Crippen molar-refractivity contribution < 1.29 is 4.79 Å². The topological polar surface area (TPSA) is 58.1 Å². The van der Waals surface area contributed by atoms with Crippen LogP contribution in [0.4, 0.5) is 5.82 Å². The predicted octanol–water partition coefficient (Wildman–Crippen LogP) is 1.75. The molecule has 1 aliphatic rings. The maximum absolute atomic E-state index is 11.5. The van der Waals surface area contributed by atoms with Gasteiger partial charge in [-0.3, -0.25) is 4.79 Å². The number of amides is 1. The van der Waals surface area contributed by atoms with Gasteiger partial charge >= 0.3 is 0 Å². The first-order chi connectivity index (χ1) is 8.61. The Morgan fingerprint density at radius 1 is 1.44 bits per heavy atom. The van der Waals surface area contributed by atoms with Gasteiger partial charge in [0.1, 0.15) is 5.02 Å². The van der Waals surface area contributed by atoms with Gasteiger partial charge in [-0.05, 0) is 24.4 Å². The molecule has 0 unspecified atom stereocenters. The van der Waals surface area contributed by atoms with E-state index in [0.717, 1.165) is 25.9 Å². The third kappa shape index (κ3) is 2.84. The molecule has 18 heavy (non-hydrogen) atoms. The minimum atomic E-state index is 0.0716. The average molecular weight is 289 g/mol. The number of carbonyl (C=O) groups is 1. The molecule has 1 aromatic heterocycles. The summed E-state index contributed by atoms with van der Waals surface area (Å²) in [6, 6.07) is 0. The SMILES string of the molecule is CNC(=O)C1CCN(c2nc(Cl)ncc2Cl)CC1. The van der Waals surface area contributed by atoms with Crippen LogP contribution in [0.3, 0.4) is 0 Å². The van der Waals surface area contributed by atoms with E-state index in [-0.39, 0.29) is 17.1 Å². The molecule has 98 valence electrons. The molecule has 1 fully saturated rings. The summed E-state index contributed by atoms with van der Waals surface area (Å²) in [5.74, 6) is 0.816. The quantitative estimate of drug-likeness (QED) is 0.843. The Bertz CT molecular complexity index is 447. The Kier molecular flexibility index (Phi) is 4.24. The summed E-state index contributed by atoms with van der Waals surface area (Å²) in [7, 11) is 1.66. The van der Waals surface area contributed by atoms with Gasteiger partial charge in [-0.2, -0.15) is 4.98 Å². The fourth-order valence-corrected chi connectivity index (χ4v) is 2.46. The van der Waals surface area contributed by atoms with Gasteiger partial charge in [-0.1, -0.05) is 11.6 Å². The molecule has 0 aliphatic carbocycles. The van der Waals surface area contributed by atoms with Crippen molar-refractivity contribution in [1.29, 1.82) is 0 Å². The lowest BCUT2D eigenvalue weighted by Gasteiger charge is -2.32. The molecule has 2 rings (SSSR count). The molecule has 1 amide bonds. The Labute approximate surface area is 115 Å². The Morgan fingerprint density at radius 2 is 2.11 bits per heavy atom. The third-order valence-corrected chi connectivity index (χ3v) is 3.56. The van der Waals surface area contributed by atoms with Crippen molar-refractivity contribution in [3.8, 4) is 0 Å². The van der Waals surface area contributed by atoms with Crippen molar-refractivity contribution in [1.82, 2.24) is 15.3 Å². The summed E-state index contributed by atoms with van der Waals surface area (Å²) < 4.78 is 0. The summed E-state index contributed by atoms with van der Waals surface area (Å²) in [4.78, 5) is 21.5. The number of hydrogen-bond donors (Lipinski definition) is 1. The third-order valence-electron chi connectivity index (χ3n) is 3.11. The fraction of sp³-hybridized carbons (Fsp3) is 0.545. The number of hydrogen-bond acceptors (Lipinski definition) is 4. The van der Waals surface area contributed by atoms with Crippen molar-refractivity contribution in [2.24, 2.45) is 5.92 Å². The van der Waals surface area contributed by atoms with Gasteiger partial charge in [-0.15, -0.1) is 0 Å². The summed E-state index contributed by atoms with van der Waals surface area (Å²) >= 11 is 11.8. The Morgan fingerprint density at radius 3 is 2.72 bits per heavy atom. The first kappa shape index (κ1) is 13.4. The molecule has 5 nitrogen and oxygen atoms in total. The highest BCUT2D eigenvalue weighted by atomic mass is 35.5. The average Bonchev–Trinajstić information content (AvgIpc) is 2.41. The van der Waals surface area contributed by atoms with Crippen LogP contribution in [0.2, 0.25) is 10.3 Å². The van der Waals surface area contributed by atoms with Crippen LogP contribution in [0.5, 0.6) is 0 Å². The lowest BCUT2D eigenvalue weighted by atomic mass is 9.96. The van der Waals surface area contributed by atoms with Crippen molar-refractivity contribution in [3.05, 3.63) is 16.5 Å². The molecule has 1 aliphatic heterocycles. The van der Waals surface area contributed by atoms with Crippen LogP contribution >= 0.6 is 23.2 Å². The van der Waals surface area contributed by atoms with Gasteiger partial charge in [0.05, 0.1) is 6.20 Å². The van der Waals surface area contributed by atoms with Crippen molar-refractivity contribution in [3.63, 3.8) is 0 Å². The van der Waals surface area contributed by atoms with Crippen molar-refractivity contribution in [2.75, 3.05) is 25.0 Å². The number of aromatic nitrogens is 2. The molecule has 7 heteroatoms. The smallest absolute Gasteiger partial charge is 0.224 e. The van der Waals surface area contributed by atoms with Crippen LogP contribution in [-0.2, 0) is 4.79 Å². The highest BCUT2D eigenvalue weighted by molar-refractivity contribution is 6.33. The van der Waals surface area contributed by atoms with Gasteiger partial charge in [0.2, 0.25) is 11.2 Å². The predicted molar refractivity (Wildman–Crippen MR) is 71.1 cm³/mol. The van der Waals surface area contributed by atoms with Gasteiger partial charge in [0.15, 0.2) is 5.82 Å².